The Bertz CT molecular complexity index is 957. The summed E-state index contributed by atoms with van der Waals surface area (Å²) in [6.45, 7) is 7.06. The number of nitrogens with one attached hydrogen (secondary N) is 2. The van der Waals surface area contributed by atoms with Gasteiger partial charge in [0.05, 0.1) is 0 Å². The number of primary amides is 1. The zero-order valence-corrected chi connectivity index (χ0v) is 20.1. The van der Waals surface area contributed by atoms with Gasteiger partial charge in [0.15, 0.2) is 0 Å². The fourth-order valence-corrected chi connectivity index (χ4v) is 5.52. The average molecular weight is 475 g/mol. The van der Waals surface area contributed by atoms with Gasteiger partial charge in [-0.15, -0.1) is 0 Å². The minimum Gasteiger partial charge on any atom is -0.444 e. The van der Waals surface area contributed by atoms with Crippen LogP contribution in [-0.2, 0) is 20.7 Å². The van der Waals surface area contributed by atoms with Gasteiger partial charge in [0.2, 0.25) is 11.8 Å². The number of fused-ring (bicyclic) bond motifs is 2. The molecule has 2 saturated heterocycles. The Balaban J connectivity index is 1.46. The predicted molar refractivity (Wildman–Crippen MR) is 124 cm³/mol. The molecule has 5 atom stereocenters. The van der Waals surface area contributed by atoms with E-state index in [-0.39, 0.29) is 24.3 Å². The highest BCUT2D eigenvalue weighted by atomic mass is 19.1. The SMILES string of the molecule is CC(C)(C)OC(=O)N1[C@@H]2CC[C@@H](C2)[C@H]1C(=O)N[C@@H](Cc1ccc(C2CCNC2)cc1F)C(N)=O. The summed E-state index contributed by atoms with van der Waals surface area (Å²) in [7, 11) is 0. The molecule has 4 N–H and O–H groups in total. The molecule has 1 aliphatic carbocycles. The number of piperidine rings is 1. The molecule has 1 aromatic rings. The Hall–Kier alpha value is -2.68. The van der Waals surface area contributed by atoms with Gasteiger partial charge in [-0.05, 0) is 82.0 Å². The molecule has 34 heavy (non-hydrogen) atoms. The van der Waals surface area contributed by atoms with E-state index in [1.165, 1.54) is 11.0 Å². The lowest BCUT2D eigenvalue weighted by Crippen LogP contribution is -2.57. The van der Waals surface area contributed by atoms with Crippen molar-refractivity contribution in [3.63, 3.8) is 0 Å². The van der Waals surface area contributed by atoms with Gasteiger partial charge in [0.25, 0.3) is 0 Å². The second kappa shape index (κ2) is 9.52. The zero-order valence-electron chi connectivity index (χ0n) is 20.1. The van der Waals surface area contributed by atoms with Crippen molar-refractivity contribution in [3.8, 4) is 0 Å². The Morgan fingerprint density at radius 2 is 2.03 bits per heavy atom. The monoisotopic (exact) mass is 474 g/mol. The number of hydrogen-bond acceptors (Lipinski definition) is 5. The first-order chi connectivity index (χ1) is 16.0. The van der Waals surface area contributed by atoms with Crippen LogP contribution in [0.15, 0.2) is 18.2 Å². The molecule has 2 aliphatic heterocycles. The van der Waals surface area contributed by atoms with Crippen LogP contribution in [0.4, 0.5) is 9.18 Å². The maximum absolute atomic E-state index is 14.9. The van der Waals surface area contributed by atoms with Crippen molar-refractivity contribution in [1.82, 2.24) is 15.5 Å². The van der Waals surface area contributed by atoms with E-state index in [4.69, 9.17) is 10.5 Å². The van der Waals surface area contributed by atoms with Crippen LogP contribution < -0.4 is 16.4 Å². The molecule has 3 fully saturated rings. The van der Waals surface area contributed by atoms with Crippen molar-refractivity contribution >= 4 is 17.9 Å². The van der Waals surface area contributed by atoms with Crippen LogP contribution in [0.25, 0.3) is 0 Å². The average Bonchev–Trinajstić information content (AvgIpc) is 3.50. The van der Waals surface area contributed by atoms with Crippen LogP contribution in [0.1, 0.15) is 63.5 Å². The highest BCUT2D eigenvalue weighted by Gasteiger charge is 2.52. The van der Waals surface area contributed by atoms with Crippen LogP contribution in [0.2, 0.25) is 0 Å². The fourth-order valence-electron chi connectivity index (χ4n) is 5.52. The Labute approximate surface area is 199 Å². The molecule has 9 heteroatoms. The van der Waals surface area contributed by atoms with Crippen LogP contribution in [0, 0.1) is 11.7 Å². The molecule has 0 spiro atoms. The second-order valence-corrected chi connectivity index (χ2v) is 10.8. The molecule has 2 heterocycles. The van der Waals surface area contributed by atoms with Gasteiger partial charge >= 0.3 is 6.09 Å². The number of likely N-dealkylation sites (tertiary alicyclic amines) is 1. The summed E-state index contributed by atoms with van der Waals surface area (Å²) < 4.78 is 20.4. The van der Waals surface area contributed by atoms with Crippen LogP contribution in [-0.4, -0.2) is 59.6 Å². The summed E-state index contributed by atoms with van der Waals surface area (Å²) in [5.74, 6) is -1.34. The number of ether oxygens (including phenoxy) is 1. The van der Waals surface area contributed by atoms with Gasteiger partial charge in [0.1, 0.15) is 23.5 Å². The third-order valence-corrected chi connectivity index (χ3v) is 7.15. The standard InChI is InChI=1S/C25H35FN4O4/c1-25(2,3)34-24(33)30-18-7-6-16(10-18)21(30)23(32)29-20(22(27)31)12-15-5-4-14(11-19(15)26)17-8-9-28-13-17/h4-5,11,16-18,20-21,28H,6-10,12-13H2,1-3H3,(H2,27,31)(H,29,32)/t16-,17?,18+,20-,21-/m0/s1. The number of nitrogens with zero attached hydrogens (tertiary/aromatic N) is 1. The van der Waals surface area contributed by atoms with Gasteiger partial charge in [-0.3, -0.25) is 14.5 Å². The van der Waals surface area contributed by atoms with E-state index in [9.17, 15) is 18.8 Å². The molecule has 3 aliphatic rings. The predicted octanol–water partition coefficient (Wildman–Crippen LogP) is 2.20. The number of rotatable bonds is 6. The number of amides is 3. The normalized spacial score (nSPS) is 27.0. The van der Waals surface area contributed by atoms with Crippen LogP contribution in [0.5, 0.6) is 0 Å². The molecule has 4 rings (SSSR count). The van der Waals surface area contributed by atoms with Crippen molar-refractivity contribution in [2.24, 2.45) is 11.7 Å². The largest absolute Gasteiger partial charge is 0.444 e. The quantitative estimate of drug-likeness (QED) is 0.585. The molecule has 0 radical (unpaired) electrons. The van der Waals surface area contributed by atoms with Crippen LogP contribution >= 0.6 is 0 Å². The lowest BCUT2D eigenvalue weighted by atomic mass is 9.94. The molecule has 8 nitrogen and oxygen atoms in total. The summed E-state index contributed by atoms with van der Waals surface area (Å²) in [6.07, 6.45) is 2.75. The molecule has 2 bridgehead atoms. The third kappa shape index (κ3) is 5.19. The van der Waals surface area contributed by atoms with Gasteiger partial charge in [-0.1, -0.05) is 12.1 Å². The number of carbonyl (C=O) groups excluding carboxylic acids is 3. The molecular weight excluding hydrogens is 439 g/mol. The minimum absolute atomic E-state index is 0.00193. The molecule has 1 aromatic carbocycles. The van der Waals surface area contributed by atoms with E-state index in [2.05, 4.69) is 10.6 Å². The lowest BCUT2D eigenvalue weighted by molar-refractivity contribution is -0.132. The van der Waals surface area contributed by atoms with Crippen molar-refractivity contribution in [2.45, 2.75) is 82.5 Å². The number of benzene rings is 1. The van der Waals surface area contributed by atoms with E-state index in [0.29, 0.717) is 5.56 Å². The Morgan fingerprint density at radius 1 is 1.26 bits per heavy atom. The van der Waals surface area contributed by atoms with Crippen molar-refractivity contribution in [1.29, 1.82) is 0 Å². The first-order valence-corrected chi connectivity index (χ1v) is 12.1. The van der Waals surface area contributed by atoms with Gasteiger partial charge < -0.3 is 21.1 Å². The van der Waals surface area contributed by atoms with Gasteiger partial charge in [-0.25, -0.2) is 9.18 Å². The van der Waals surface area contributed by atoms with Crippen molar-refractivity contribution < 1.29 is 23.5 Å². The second-order valence-electron chi connectivity index (χ2n) is 10.8. The lowest BCUT2D eigenvalue weighted by Gasteiger charge is -2.36. The van der Waals surface area contributed by atoms with E-state index < -0.39 is 41.4 Å². The molecule has 0 aromatic heterocycles. The van der Waals surface area contributed by atoms with E-state index in [0.717, 1.165) is 44.3 Å². The van der Waals surface area contributed by atoms with Crippen molar-refractivity contribution in [2.75, 3.05) is 13.1 Å². The molecule has 186 valence electrons. The number of carbonyl (C=O) groups is 3. The molecule has 1 unspecified atom stereocenters. The summed E-state index contributed by atoms with van der Waals surface area (Å²) in [4.78, 5) is 39.8. The maximum atomic E-state index is 14.9. The number of nitrogens with two attached hydrogens (primary N) is 1. The topological polar surface area (TPSA) is 114 Å². The van der Waals surface area contributed by atoms with E-state index >= 15 is 0 Å². The summed E-state index contributed by atoms with van der Waals surface area (Å²) >= 11 is 0. The van der Waals surface area contributed by atoms with E-state index in [1.54, 1.807) is 26.8 Å². The fraction of sp³-hybridized carbons (Fsp3) is 0.640. The smallest absolute Gasteiger partial charge is 0.411 e. The zero-order chi connectivity index (χ0) is 24.6. The maximum Gasteiger partial charge on any atom is 0.411 e. The Morgan fingerprint density at radius 3 is 2.65 bits per heavy atom. The minimum atomic E-state index is -1.08. The summed E-state index contributed by atoms with van der Waals surface area (Å²) in [5.41, 5.74) is 6.12. The molecular formula is C25H35FN4O4. The highest BCUT2D eigenvalue weighted by Crippen LogP contribution is 2.43. The Kier molecular flexibility index (Phi) is 6.85. The van der Waals surface area contributed by atoms with Gasteiger partial charge in [-0.2, -0.15) is 0 Å². The summed E-state index contributed by atoms with van der Waals surface area (Å²) in [6, 6.07) is 3.18. The molecule has 1 saturated carbocycles. The first kappa shape index (κ1) is 24.4. The molecule has 3 amide bonds. The number of halogens is 1. The summed E-state index contributed by atoms with van der Waals surface area (Å²) in [5, 5.41) is 5.96. The van der Waals surface area contributed by atoms with E-state index in [1.807, 2.05) is 6.07 Å². The van der Waals surface area contributed by atoms with Gasteiger partial charge in [0, 0.05) is 19.0 Å². The van der Waals surface area contributed by atoms with Crippen LogP contribution in [0.3, 0.4) is 0 Å². The first-order valence-electron chi connectivity index (χ1n) is 12.1. The number of hydrogen-bond donors (Lipinski definition) is 3. The highest BCUT2D eigenvalue weighted by molar-refractivity contribution is 5.91. The third-order valence-electron chi connectivity index (χ3n) is 7.15. The van der Waals surface area contributed by atoms with Crippen molar-refractivity contribution in [3.05, 3.63) is 35.1 Å².